The number of esters is 1. The molecule has 0 atom stereocenters. The summed E-state index contributed by atoms with van der Waals surface area (Å²) in [4.78, 5) is 42.3. The lowest BCUT2D eigenvalue weighted by molar-refractivity contribution is -0.121. The first-order valence-corrected chi connectivity index (χ1v) is 12.8. The minimum Gasteiger partial charge on any atom is -0.493 e. The number of thioether (sulfide) groups is 1. The van der Waals surface area contributed by atoms with Crippen molar-refractivity contribution in [3.63, 3.8) is 0 Å². The maximum Gasteiger partial charge on any atom is 0.338 e. The van der Waals surface area contributed by atoms with Crippen LogP contribution in [0.1, 0.15) is 38.8 Å². The van der Waals surface area contributed by atoms with Gasteiger partial charge in [-0.15, -0.1) is 0 Å². The van der Waals surface area contributed by atoms with Crippen molar-refractivity contribution in [1.82, 2.24) is 4.90 Å². The fraction of sp³-hybridized carbons (Fsp3) is 0.172. The standard InChI is InChI=1S/C29H26N2O7S/c1-4-37-28(35)21-10-12-22(13-11-21)30-29-31(2)26(32)25(39-29)16-19-7-14-23(24(15-19)36-3)38-17-18-5-8-20(9-6-18)27(33)34/h5-16H,4,17H2,1-3H3,(H,33,34)/b25-16-,30-29+. The number of rotatable bonds is 9. The molecule has 0 aromatic heterocycles. The second-order valence-electron chi connectivity index (χ2n) is 8.34. The largest absolute Gasteiger partial charge is 0.493 e. The monoisotopic (exact) mass is 546 g/mol. The van der Waals surface area contributed by atoms with Crippen LogP contribution < -0.4 is 9.47 Å². The normalized spacial score (nSPS) is 15.1. The lowest BCUT2D eigenvalue weighted by atomic mass is 10.1. The van der Waals surface area contributed by atoms with E-state index in [1.165, 1.54) is 35.9 Å². The number of methoxy groups -OCH3 is 1. The summed E-state index contributed by atoms with van der Waals surface area (Å²) >= 11 is 1.25. The molecule has 1 fully saturated rings. The minimum atomic E-state index is -0.984. The maximum absolute atomic E-state index is 12.9. The van der Waals surface area contributed by atoms with E-state index in [0.29, 0.717) is 39.4 Å². The zero-order valence-electron chi connectivity index (χ0n) is 21.5. The van der Waals surface area contributed by atoms with E-state index >= 15 is 0 Å². The van der Waals surface area contributed by atoms with Gasteiger partial charge in [0.2, 0.25) is 0 Å². The van der Waals surface area contributed by atoms with Crippen molar-refractivity contribution in [1.29, 1.82) is 0 Å². The highest BCUT2D eigenvalue weighted by molar-refractivity contribution is 8.18. The predicted molar refractivity (Wildman–Crippen MR) is 149 cm³/mol. The summed E-state index contributed by atoms with van der Waals surface area (Å²) < 4.78 is 16.4. The summed E-state index contributed by atoms with van der Waals surface area (Å²) in [5.74, 6) is -0.567. The van der Waals surface area contributed by atoms with Gasteiger partial charge in [0.15, 0.2) is 16.7 Å². The molecular formula is C29H26N2O7S. The zero-order chi connectivity index (χ0) is 27.9. The first-order chi connectivity index (χ1) is 18.8. The molecule has 0 spiro atoms. The van der Waals surface area contributed by atoms with Gasteiger partial charge in [-0.1, -0.05) is 18.2 Å². The van der Waals surface area contributed by atoms with Crippen LogP contribution in [0.3, 0.4) is 0 Å². The first-order valence-electron chi connectivity index (χ1n) is 12.0. The van der Waals surface area contributed by atoms with Crippen LogP contribution in [0.15, 0.2) is 76.6 Å². The Morgan fingerprint density at radius 2 is 1.69 bits per heavy atom. The minimum absolute atomic E-state index is 0.189. The van der Waals surface area contributed by atoms with E-state index in [-0.39, 0.29) is 18.1 Å². The average molecular weight is 547 g/mol. The molecule has 9 nitrogen and oxygen atoms in total. The summed E-state index contributed by atoms with van der Waals surface area (Å²) in [6.07, 6.45) is 1.76. The fourth-order valence-electron chi connectivity index (χ4n) is 3.60. The van der Waals surface area contributed by atoms with Gasteiger partial charge < -0.3 is 19.3 Å². The number of carbonyl (C=O) groups excluding carboxylic acids is 2. The molecule has 0 unspecified atom stereocenters. The van der Waals surface area contributed by atoms with Crippen LogP contribution in [-0.2, 0) is 16.1 Å². The van der Waals surface area contributed by atoms with Gasteiger partial charge in [-0.05, 0) is 84.4 Å². The van der Waals surface area contributed by atoms with E-state index < -0.39 is 11.9 Å². The number of aliphatic imine (C=N–C) groups is 1. The second kappa shape index (κ2) is 12.3. The number of amides is 1. The van der Waals surface area contributed by atoms with Crippen molar-refractivity contribution in [3.8, 4) is 11.5 Å². The molecule has 3 aromatic carbocycles. The molecule has 10 heteroatoms. The summed E-state index contributed by atoms with van der Waals surface area (Å²) in [6.45, 7) is 2.28. The third-order valence-corrected chi connectivity index (χ3v) is 6.75. The number of carboxylic acid groups (broad SMARTS) is 1. The molecule has 1 heterocycles. The predicted octanol–water partition coefficient (Wildman–Crippen LogP) is 5.38. The lowest BCUT2D eigenvalue weighted by Gasteiger charge is -2.12. The lowest BCUT2D eigenvalue weighted by Crippen LogP contribution is -2.23. The Labute approximate surface area is 229 Å². The number of ether oxygens (including phenoxy) is 3. The molecule has 3 aromatic rings. The Kier molecular flexibility index (Phi) is 8.67. The van der Waals surface area contributed by atoms with Crippen LogP contribution >= 0.6 is 11.8 Å². The highest BCUT2D eigenvalue weighted by atomic mass is 32.2. The third kappa shape index (κ3) is 6.66. The van der Waals surface area contributed by atoms with Gasteiger partial charge in [0, 0.05) is 7.05 Å². The summed E-state index contributed by atoms with van der Waals surface area (Å²) in [7, 11) is 3.19. The van der Waals surface area contributed by atoms with Crippen molar-refractivity contribution in [2.24, 2.45) is 4.99 Å². The number of hydrogen-bond donors (Lipinski definition) is 1. The summed E-state index contributed by atoms with van der Waals surface area (Å²) in [6, 6.07) is 18.5. The Morgan fingerprint density at radius 3 is 2.33 bits per heavy atom. The van der Waals surface area contributed by atoms with Crippen LogP contribution in [0, 0.1) is 0 Å². The highest BCUT2D eigenvalue weighted by Crippen LogP contribution is 2.35. The Bertz CT molecular complexity index is 1450. The summed E-state index contributed by atoms with van der Waals surface area (Å²) in [5, 5.41) is 9.54. The van der Waals surface area contributed by atoms with Gasteiger partial charge >= 0.3 is 11.9 Å². The quantitative estimate of drug-likeness (QED) is 0.281. The van der Waals surface area contributed by atoms with Gasteiger partial charge in [-0.25, -0.2) is 14.6 Å². The molecule has 1 amide bonds. The molecule has 1 aliphatic heterocycles. The SMILES string of the molecule is CCOC(=O)c1ccc(/N=C2/S/C(=C\c3ccc(OCc4ccc(C(=O)O)cc4)c(OC)c3)C(=O)N2C)cc1. The van der Waals surface area contributed by atoms with E-state index in [1.54, 1.807) is 68.6 Å². The van der Waals surface area contributed by atoms with Crippen LogP contribution in [0.4, 0.5) is 5.69 Å². The number of benzene rings is 3. The van der Waals surface area contributed by atoms with Crippen molar-refractivity contribution < 1.29 is 33.7 Å². The molecule has 4 rings (SSSR count). The second-order valence-corrected chi connectivity index (χ2v) is 9.35. The molecule has 0 saturated carbocycles. The molecule has 0 aliphatic carbocycles. The molecule has 1 aliphatic rings. The van der Waals surface area contributed by atoms with Crippen LogP contribution in [0.25, 0.3) is 6.08 Å². The highest BCUT2D eigenvalue weighted by Gasteiger charge is 2.30. The molecule has 1 N–H and O–H groups in total. The van der Waals surface area contributed by atoms with Crippen molar-refractivity contribution in [2.75, 3.05) is 20.8 Å². The molecule has 0 radical (unpaired) electrons. The van der Waals surface area contributed by atoms with E-state index in [9.17, 15) is 14.4 Å². The van der Waals surface area contributed by atoms with Gasteiger partial charge in [0.1, 0.15) is 6.61 Å². The number of nitrogens with zero attached hydrogens (tertiary/aromatic N) is 2. The van der Waals surface area contributed by atoms with Gasteiger partial charge in [0.05, 0.1) is 35.4 Å². The molecular weight excluding hydrogens is 520 g/mol. The number of likely N-dealkylation sites (N-methyl/N-ethyl adjacent to an activating group) is 1. The molecule has 39 heavy (non-hydrogen) atoms. The van der Waals surface area contributed by atoms with Crippen molar-refractivity contribution >= 4 is 46.5 Å². The van der Waals surface area contributed by atoms with Crippen LogP contribution in [-0.4, -0.2) is 53.8 Å². The summed E-state index contributed by atoms with van der Waals surface area (Å²) in [5.41, 5.74) is 2.80. The topological polar surface area (TPSA) is 115 Å². The van der Waals surface area contributed by atoms with Crippen molar-refractivity contribution in [2.45, 2.75) is 13.5 Å². The molecule has 0 bridgehead atoms. The maximum atomic E-state index is 12.9. The Hall–Kier alpha value is -4.57. The third-order valence-electron chi connectivity index (χ3n) is 5.69. The first kappa shape index (κ1) is 27.5. The van der Waals surface area contributed by atoms with Crippen molar-refractivity contribution in [3.05, 3.63) is 93.9 Å². The number of carbonyl (C=O) groups is 3. The smallest absolute Gasteiger partial charge is 0.338 e. The van der Waals surface area contributed by atoms with Gasteiger partial charge in [0.25, 0.3) is 5.91 Å². The van der Waals surface area contributed by atoms with Crippen LogP contribution in [0.5, 0.6) is 11.5 Å². The van der Waals surface area contributed by atoms with Gasteiger partial charge in [-0.2, -0.15) is 0 Å². The number of amidine groups is 1. The fourth-order valence-corrected chi connectivity index (χ4v) is 4.58. The van der Waals surface area contributed by atoms with E-state index in [2.05, 4.69) is 4.99 Å². The van der Waals surface area contributed by atoms with E-state index in [0.717, 1.165) is 11.1 Å². The number of carboxylic acids is 1. The molecule has 1 saturated heterocycles. The van der Waals surface area contributed by atoms with Gasteiger partial charge in [-0.3, -0.25) is 9.69 Å². The van der Waals surface area contributed by atoms with Crippen LogP contribution in [0.2, 0.25) is 0 Å². The number of aromatic carboxylic acids is 1. The Morgan fingerprint density at radius 1 is 1.00 bits per heavy atom. The average Bonchev–Trinajstić information content (AvgIpc) is 3.20. The zero-order valence-corrected chi connectivity index (χ0v) is 22.4. The number of hydrogen-bond acceptors (Lipinski definition) is 8. The Balaban J connectivity index is 1.46. The van der Waals surface area contributed by atoms with E-state index in [1.807, 2.05) is 6.07 Å². The van der Waals surface area contributed by atoms with E-state index in [4.69, 9.17) is 19.3 Å². The molecule has 200 valence electrons.